The van der Waals surface area contributed by atoms with E-state index in [4.69, 9.17) is 0 Å². The predicted molar refractivity (Wildman–Crippen MR) is 78.4 cm³/mol. The van der Waals surface area contributed by atoms with Crippen LogP contribution in [0.5, 0.6) is 0 Å². The van der Waals surface area contributed by atoms with Gasteiger partial charge in [-0.1, -0.05) is 35.9 Å². The highest BCUT2D eigenvalue weighted by Crippen LogP contribution is 2.26. The van der Waals surface area contributed by atoms with Crippen molar-refractivity contribution in [3.05, 3.63) is 66.4 Å². The van der Waals surface area contributed by atoms with Crippen LogP contribution in [-0.4, -0.2) is 13.4 Å². The normalized spacial score (nSPS) is 11.7. The van der Waals surface area contributed by atoms with Gasteiger partial charge in [-0.3, -0.25) is 4.98 Å². The average molecular weight is 283 g/mol. The summed E-state index contributed by atoms with van der Waals surface area (Å²) in [5.74, 6) is 0. The predicted octanol–water partition coefficient (Wildman–Crippen LogP) is 3.38. The van der Waals surface area contributed by atoms with E-state index in [1.807, 2.05) is 19.1 Å². The fourth-order valence-corrected chi connectivity index (χ4v) is 3.57. The molecule has 0 aliphatic carbocycles. The minimum atomic E-state index is -3.54. The fraction of sp³-hybridized carbons (Fsp3) is 0.0625. The van der Waals surface area contributed by atoms with Gasteiger partial charge in [-0.15, -0.1) is 0 Å². The van der Waals surface area contributed by atoms with Gasteiger partial charge in [0.15, 0.2) is 0 Å². The van der Waals surface area contributed by atoms with Crippen molar-refractivity contribution in [1.82, 2.24) is 4.98 Å². The lowest BCUT2D eigenvalue weighted by Crippen LogP contribution is -2.03. The van der Waals surface area contributed by atoms with E-state index >= 15 is 0 Å². The third kappa shape index (κ3) is 2.08. The summed E-state index contributed by atoms with van der Waals surface area (Å²) in [4.78, 5) is 4.75. The van der Waals surface area contributed by atoms with Gasteiger partial charge in [0.05, 0.1) is 15.3 Å². The number of nitrogens with zero attached hydrogens (tertiary/aromatic N) is 1. The van der Waals surface area contributed by atoms with Crippen LogP contribution in [0.4, 0.5) is 0 Å². The van der Waals surface area contributed by atoms with Gasteiger partial charge in [-0.25, -0.2) is 8.42 Å². The molecule has 3 rings (SSSR count). The van der Waals surface area contributed by atoms with Crippen LogP contribution in [0.15, 0.2) is 70.6 Å². The average Bonchev–Trinajstić information content (AvgIpc) is 2.47. The van der Waals surface area contributed by atoms with Gasteiger partial charge in [0.25, 0.3) is 0 Å². The van der Waals surface area contributed by atoms with Crippen molar-refractivity contribution in [2.75, 3.05) is 0 Å². The maximum atomic E-state index is 12.7. The quantitative estimate of drug-likeness (QED) is 0.724. The van der Waals surface area contributed by atoms with E-state index < -0.39 is 9.84 Å². The maximum absolute atomic E-state index is 12.7. The zero-order chi connectivity index (χ0) is 14.2. The van der Waals surface area contributed by atoms with Crippen LogP contribution < -0.4 is 0 Å². The molecule has 3 aromatic rings. The molecule has 1 heterocycles. The van der Waals surface area contributed by atoms with Crippen molar-refractivity contribution in [2.24, 2.45) is 0 Å². The van der Waals surface area contributed by atoms with E-state index in [0.717, 1.165) is 10.9 Å². The van der Waals surface area contributed by atoms with Crippen molar-refractivity contribution >= 4 is 20.7 Å². The summed E-state index contributed by atoms with van der Waals surface area (Å²) in [6.07, 6.45) is 1.61. The van der Waals surface area contributed by atoms with Crippen LogP contribution in [0, 0.1) is 6.92 Å². The summed E-state index contributed by atoms with van der Waals surface area (Å²) < 4.78 is 25.4. The van der Waals surface area contributed by atoms with Crippen LogP contribution >= 0.6 is 0 Å². The van der Waals surface area contributed by atoms with Gasteiger partial charge < -0.3 is 0 Å². The SMILES string of the molecule is Cc1ccc(S(=O)(=O)c2cccc3cccnc23)cc1. The Kier molecular flexibility index (Phi) is 3.03. The molecule has 0 N–H and O–H groups in total. The lowest BCUT2D eigenvalue weighted by Gasteiger charge is -2.07. The zero-order valence-electron chi connectivity index (χ0n) is 10.9. The molecule has 3 nitrogen and oxygen atoms in total. The molecule has 0 aliphatic rings. The topological polar surface area (TPSA) is 47.0 Å². The van der Waals surface area contributed by atoms with Gasteiger partial charge in [0.2, 0.25) is 9.84 Å². The summed E-state index contributed by atoms with van der Waals surface area (Å²) in [5.41, 5.74) is 1.54. The first-order valence-electron chi connectivity index (χ1n) is 6.24. The molecule has 0 unspecified atom stereocenters. The standard InChI is InChI=1S/C16H13NO2S/c1-12-7-9-14(10-8-12)20(18,19)15-6-2-4-13-5-3-11-17-16(13)15/h2-11H,1H3. The number of fused-ring (bicyclic) bond motifs is 1. The molecule has 20 heavy (non-hydrogen) atoms. The van der Waals surface area contributed by atoms with E-state index in [9.17, 15) is 8.42 Å². The first kappa shape index (κ1) is 12.8. The number of aryl methyl sites for hydroxylation is 1. The Bertz CT molecular complexity index is 863. The second-order valence-corrected chi connectivity index (χ2v) is 6.57. The van der Waals surface area contributed by atoms with Gasteiger partial charge in [-0.2, -0.15) is 0 Å². The summed E-state index contributed by atoms with van der Waals surface area (Å²) in [6.45, 7) is 1.93. The Hall–Kier alpha value is -2.20. The van der Waals surface area contributed by atoms with E-state index in [2.05, 4.69) is 4.98 Å². The van der Waals surface area contributed by atoms with Gasteiger partial charge in [0, 0.05) is 11.6 Å². The Morgan fingerprint density at radius 2 is 1.60 bits per heavy atom. The number of para-hydroxylation sites is 1. The van der Waals surface area contributed by atoms with E-state index in [-0.39, 0.29) is 4.90 Å². The van der Waals surface area contributed by atoms with Crippen molar-refractivity contribution < 1.29 is 8.42 Å². The molecular weight excluding hydrogens is 270 g/mol. The second-order valence-electron chi connectivity index (χ2n) is 4.65. The molecule has 0 saturated carbocycles. The Morgan fingerprint density at radius 3 is 2.35 bits per heavy atom. The highest BCUT2D eigenvalue weighted by molar-refractivity contribution is 7.91. The Balaban J connectivity index is 2.27. The van der Waals surface area contributed by atoms with Crippen molar-refractivity contribution in [3.63, 3.8) is 0 Å². The van der Waals surface area contributed by atoms with Gasteiger partial charge in [-0.05, 0) is 31.2 Å². The van der Waals surface area contributed by atoms with E-state index in [1.54, 1.807) is 48.7 Å². The molecule has 0 bridgehead atoms. The van der Waals surface area contributed by atoms with Gasteiger partial charge >= 0.3 is 0 Å². The third-order valence-electron chi connectivity index (χ3n) is 3.22. The van der Waals surface area contributed by atoms with Crippen LogP contribution in [-0.2, 0) is 9.84 Å². The van der Waals surface area contributed by atoms with Crippen molar-refractivity contribution in [3.8, 4) is 0 Å². The monoisotopic (exact) mass is 283 g/mol. The highest BCUT2D eigenvalue weighted by atomic mass is 32.2. The summed E-state index contributed by atoms with van der Waals surface area (Å²) >= 11 is 0. The molecule has 1 aromatic heterocycles. The number of benzene rings is 2. The summed E-state index contributed by atoms with van der Waals surface area (Å²) in [5, 5.41) is 0.820. The smallest absolute Gasteiger partial charge is 0.208 e. The number of pyridine rings is 1. The second kappa shape index (κ2) is 4.72. The molecule has 100 valence electrons. The summed E-state index contributed by atoms with van der Waals surface area (Å²) in [7, 11) is -3.54. The van der Waals surface area contributed by atoms with E-state index in [0.29, 0.717) is 10.4 Å². The molecule has 0 saturated heterocycles. The first-order valence-corrected chi connectivity index (χ1v) is 7.73. The third-order valence-corrected chi connectivity index (χ3v) is 5.02. The lowest BCUT2D eigenvalue weighted by molar-refractivity contribution is 0.597. The molecule has 2 aromatic carbocycles. The molecule has 0 spiro atoms. The number of sulfone groups is 1. The zero-order valence-corrected chi connectivity index (χ0v) is 11.8. The molecule has 0 fully saturated rings. The van der Waals surface area contributed by atoms with Gasteiger partial charge in [0.1, 0.15) is 0 Å². The van der Waals surface area contributed by atoms with Crippen LogP contribution in [0.1, 0.15) is 5.56 Å². The van der Waals surface area contributed by atoms with E-state index in [1.165, 1.54) is 0 Å². The minimum Gasteiger partial charge on any atom is -0.255 e. The Labute approximate surface area is 117 Å². The van der Waals surface area contributed by atoms with Crippen molar-refractivity contribution in [2.45, 2.75) is 16.7 Å². The molecule has 0 aliphatic heterocycles. The van der Waals surface area contributed by atoms with Crippen molar-refractivity contribution in [1.29, 1.82) is 0 Å². The summed E-state index contributed by atoms with van der Waals surface area (Å²) in [6, 6.07) is 15.7. The maximum Gasteiger partial charge on any atom is 0.208 e. The molecular formula is C16H13NO2S. The molecule has 4 heteroatoms. The van der Waals surface area contributed by atoms with Crippen LogP contribution in [0.3, 0.4) is 0 Å². The van der Waals surface area contributed by atoms with Crippen LogP contribution in [0.25, 0.3) is 10.9 Å². The fourth-order valence-electron chi connectivity index (χ4n) is 2.14. The molecule has 0 amide bonds. The number of aromatic nitrogens is 1. The number of rotatable bonds is 2. The lowest BCUT2D eigenvalue weighted by atomic mass is 10.2. The Morgan fingerprint density at radius 1 is 0.900 bits per heavy atom. The first-order chi connectivity index (χ1) is 9.59. The molecule has 0 radical (unpaired) electrons. The highest BCUT2D eigenvalue weighted by Gasteiger charge is 2.20. The number of hydrogen-bond acceptors (Lipinski definition) is 3. The largest absolute Gasteiger partial charge is 0.255 e. The minimum absolute atomic E-state index is 0.249. The van der Waals surface area contributed by atoms with Crippen LogP contribution in [0.2, 0.25) is 0 Å². The number of hydrogen-bond donors (Lipinski definition) is 0. The molecule has 0 atom stereocenters.